The predicted molar refractivity (Wildman–Crippen MR) is 114 cm³/mol. The monoisotopic (exact) mass is 379 g/mol. The van der Waals surface area contributed by atoms with Crippen molar-refractivity contribution < 1.29 is 9.59 Å². The number of nitrogens with zero attached hydrogens (tertiary/aromatic N) is 2. The number of amides is 2. The number of anilines is 2. The van der Waals surface area contributed by atoms with E-state index in [1.165, 1.54) is 5.56 Å². The minimum Gasteiger partial charge on any atom is -0.366 e. The molecule has 0 saturated carbocycles. The summed E-state index contributed by atoms with van der Waals surface area (Å²) in [5.74, 6) is -0.00442. The molecule has 2 aromatic carbocycles. The average molecular weight is 380 g/mol. The van der Waals surface area contributed by atoms with E-state index in [-0.39, 0.29) is 17.2 Å². The van der Waals surface area contributed by atoms with Crippen LogP contribution in [0, 0.1) is 0 Å². The number of para-hydroxylation sites is 2. The normalized spacial score (nSPS) is 14.7. The van der Waals surface area contributed by atoms with Crippen molar-refractivity contribution in [2.75, 3.05) is 36.4 Å². The fraction of sp³-hybridized carbons (Fsp3) is 0.391. The second-order valence-electron chi connectivity index (χ2n) is 8.29. The van der Waals surface area contributed by atoms with Gasteiger partial charge in [0.25, 0.3) is 5.91 Å². The number of carbonyl (C=O) groups excluding carboxylic acids is 2. The lowest BCUT2D eigenvalue weighted by atomic mass is 9.87. The van der Waals surface area contributed by atoms with Crippen LogP contribution in [0.3, 0.4) is 0 Å². The van der Waals surface area contributed by atoms with Crippen LogP contribution in [0.15, 0.2) is 48.5 Å². The first-order valence-electron chi connectivity index (χ1n) is 9.77. The molecule has 0 radical (unpaired) electrons. The van der Waals surface area contributed by atoms with E-state index < -0.39 is 0 Å². The summed E-state index contributed by atoms with van der Waals surface area (Å²) in [6.07, 6.45) is 0. The Morgan fingerprint density at radius 3 is 2.07 bits per heavy atom. The van der Waals surface area contributed by atoms with Gasteiger partial charge in [0.1, 0.15) is 0 Å². The van der Waals surface area contributed by atoms with Crippen LogP contribution in [-0.2, 0) is 10.2 Å². The Labute approximate surface area is 167 Å². The minimum absolute atomic E-state index is 0.0591. The predicted octanol–water partition coefficient (Wildman–Crippen LogP) is 3.90. The summed E-state index contributed by atoms with van der Waals surface area (Å²) >= 11 is 0. The summed E-state index contributed by atoms with van der Waals surface area (Å²) in [6, 6.07) is 15.6. The number of rotatable bonds is 3. The lowest BCUT2D eigenvalue weighted by Crippen LogP contribution is -2.48. The third-order valence-corrected chi connectivity index (χ3v) is 5.23. The first-order valence-corrected chi connectivity index (χ1v) is 9.77. The SMILES string of the molecule is CC(=O)N1CCN(c2ccccc2NC(=O)c2ccc(C(C)(C)C)cc2)CC1. The van der Waals surface area contributed by atoms with E-state index in [0.717, 1.165) is 24.5 Å². The van der Waals surface area contributed by atoms with Gasteiger partial charge in [0.2, 0.25) is 5.91 Å². The quantitative estimate of drug-likeness (QED) is 0.880. The van der Waals surface area contributed by atoms with E-state index in [0.29, 0.717) is 18.7 Å². The summed E-state index contributed by atoms with van der Waals surface area (Å²) in [7, 11) is 0. The molecular weight excluding hydrogens is 350 g/mol. The zero-order chi connectivity index (χ0) is 20.3. The molecule has 148 valence electrons. The molecule has 1 aliphatic rings. The fourth-order valence-corrected chi connectivity index (χ4v) is 3.43. The molecule has 2 amide bonds. The molecule has 1 N–H and O–H groups in total. The van der Waals surface area contributed by atoms with Crippen molar-refractivity contribution >= 4 is 23.2 Å². The van der Waals surface area contributed by atoms with Crippen LogP contribution in [0.2, 0.25) is 0 Å². The first kappa shape index (κ1) is 19.9. The maximum absolute atomic E-state index is 12.8. The van der Waals surface area contributed by atoms with Crippen LogP contribution < -0.4 is 10.2 Å². The van der Waals surface area contributed by atoms with Crippen molar-refractivity contribution in [3.8, 4) is 0 Å². The number of benzene rings is 2. The summed E-state index contributed by atoms with van der Waals surface area (Å²) in [6.45, 7) is 11.0. The van der Waals surface area contributed by atoms with Gasteiger partial charge in [-0.05, 0) is 35.2 Å². The molecule has 0 spiro atoms. The van der Waals surface area contributed by atoms with Gasteiger partial charge in [-0.25, -0.2) is 0 Å². The van der Waals surface area contributed by atoms with Gasteiger partial charge in [-0.3, -0.25) is 9.59 Å². The van der Waals surface area contributed by atoms with E-state index in [1.54, 1.807) is 6.92 Å². The van der Waals surface area contributed by atoms with Crippen LogP contribution in [0.1, 0.15) is 43.6 Å². The fourth-order valence-electron chi connectivity index (χ4n) is 3.43. The molecular formula is C23H29N3O2. The van der Waals surface area contributed by atoms with Crippen molar-refractivity contribution in [2.45, 2.75) is 33.1 Å². The van der Waals surface area contributed by atoms with Crippen molar-refractivity contribution in [1.82, 2.24) is 4.90 Å². The Morgan fingerprint density at radius 1 is 0.893 bits per heavy atom. The molecule has 1 aliphatic heterocycles. The third kappa shape index (κ3) is 4.53. The van der Waals surface area contributed by atoms with Crippen LogP contribution >= 0.6 is 0 Å². The average Bonchev–Trinajstić information content (AvgIpc) is 2.68. The van der Waals surface area contributed by atoms with E-state index in [4.69, 9.17) is 0 Å². The third-order valence-electron chi connectivity index (χ3n) is 5.23. The molecule has 0 bridgehead atoms. The Kier molecular flexibility index (Phi) is 5.73. The van der Waals surface area contributed by atoms with Gasteiger partial charge in [0.15, 0.2) is 0 Å². The van der Waals surface area contributed by atoms with Crippen molar-refractivity contribution in [1.29, 1.82) is 0 Å². The van der Waals surface area contributed by atoms with Gasteiger partial charge in [-0.1, -0.05) is 45.0 Å². The van der Waals surface area contributed by atoms with Crippen molar-refractivity contribution in [3.05, 3.63) is 59.7 Å². The topological polar surface area (TPSA) is 52.7 Å². The van der Waals surface area contributed by atoms with Gasteiger partial charge < -0.3 is 15.1 Å². The zero-order valence-electron chi connectivity index (χ0n) is 17.2. The second-order valence-corrected chi connectivity index (χ2v) is 8.29. The van der Waals surface area contributed by atoms with E-state index in [1.807, 2.05) is 53.4 Å². The molecule has 0 unspecified atom stereocenters. The van der Waals surface area contributed by atoms with Gasteiger partial charge in [0, 0.05) is 38.7 Å². The van der Waals surface area contributed by atoms with E-state index in [2.05, 4.69) is 31.0 Å². The molecule has 1 saturated heterocycles. The highest BCUT2D eigenvalue weighted by atomic mass is 16.2. The number of piperazine rings is 1. The van der Waals surface area contributed by atoms with E-state index in [9.17, 15) is 9.59 Å². The Hall–Kier alpha value is -2.82. The molecule has 3 rings (SSSR count). The van der Waals surface area contributed by atoms with Crippen LogP contribution in [0.4, 0.5) is 11.4 Å². The summed E-state index contributed by atoms with van der Waals surface area (Å²) in [5, 5.41) is 3.06. The Balaban J connectivity index is 1.73. The lowest BCUT2D eigenvalue weighted by molar-refractivity contribution is -0.129. The number of hydrogen-bond donors (Lipinski definition) is 1. The highest BCUT2D eigenvalue weighted by Crippen LogP contribution is 2.28. The molecule has 0 atom stereocenters. The highest BCUT2D eigenvalue weighted by Gasteiger charge is 2.21. The molecule has 1 heterocycles. The van der Waals surface area contributed by atoms with E-state index >= 15 is 0 Å². The second kappa shape index (κ2) is 8.05. The van der Waals surface area contributed by atoms with Gasteiger partial charge in [-0.15, -0.1) is 0 Å². The zero-order valence-corrected chi connectivity index (χ0v) is 17.2. The Bertz CT molecular complexity index is 845. The Morgan fingerprint density at radius 2 is 1.50 bits per heavy atom. The first-order chi connectivity index (χ1) is 13.3. The molecule has 0 aliphatic carbocycles. The maximum atomic E-state index is 12.8. The highest BCUT2D eigenvalue weighted by molar-refractivity contribution is 6.06. The van der Waals surface area contributed by atoms with Gasteiger partial charge in [-0.2, -0.15) is 0 Å². The lowest BCUT2D eigenvalue weighted by Gasteiger charge is -2.36. The molecule has 0 aromatic heterocycles. The number of carbonyl (C=O) groups is 2. The summed E-state index contributed by atoms with van der Waals surface area (Å²) < 4.78 is 0. The standard InChI is InChI=1S/C23H29N3O2/c1-17(27)25-13-15-26(16-14-25)21-8-6-5-7-20(21)24-22(28)18-9-11-19(12-10-18)23(2,3)4/h5-12H,13-16H2,1-4H3,(H,24,28). The van der Waals surface area contributed by atoms with Crippen LogP contribution in [0.25, 0.3) is 0 Å². The molecule has 28 heavy (non-hydrogen) atoms. The maximum Gasteiger partial charge on any atom is 0.255 e. The van der Waals surface area contributed by atoms with Crippen molar-refractivity contribution in [3.63, 3.8) is 0 Å². The number of nitrogens with one attached hydrogen (secondary N) is 1. The van der Waals surface area contributed by atoms with Gasteiger partial charge in [0.05, 0.1) is 11.4 Å². The van der Waals surface area contributed by atoms with Gasteiger partial charge >= 0.3 is 0 Å². The van der Waals surface area contributed by atoms with Crippen LogP contribution in [-0.4, -0.2) is 42.9 Å². The summed E-state index contributed by atoms with van der Waals surface area (Å²) in [5.41, 5.74) is 3.69. The van der Waals surface area contributed by atoms with Crippen LogP contribution in [0.5, 0.6) is 0 Å². The molecule has 5 heteroatoms. The largest absolute Gasteiger partial charge is 0.366 e. The smallest absolute Gasteiger partial charge is 0.255 e. The van der Waals surface area contributed by atoms with Crippen molar-refractivity contribution in [2.24, 2.45) is 0 Å². The molecule has 1 fully saturated rings. The number of hydrogen-bond acceptors (Lipinski definition) is 3. The molecule has 5 nitrogen and oxygen atoms in total. The molecule has 2 aromatic rings. The minimum atomic E-state index is -0.115. The summed E-state index contributed by atoms with van der Waals surface area (Å²) in [4.78, 5) is 28.4.